The maximum atomic E-state index is 13.4. The molecule has 6 N–H and O–H groups in total. The van der Waals surface area contributed by atoms with Crippen molar-refractivity contribution in [3.05, 3.63) is 24.3 Å². The first-order valence-corrected chi connectivity index (χ1v) is 27.2. The van der Waals surface area contributed by atoms with Gasteiger partial charge in [-0.3, -0.25) is 28.0 Å². The quantitative estimate of drug-likeness (QED) is 0.0195. The van der Waals surface area contributed by atoms with Gasteiger partial charge in [0.05, 0.1) is 19.3 Å². The maximum absolute atomic E-state index is 13.4. The number of hydrogen-bond acceptors (Lipinski definition) is 13. The Morgan fingerprint density at radius 1 is 0.562 bits per heavy atom. The van der Waals surface area contributed by atoms with Crippen LogP contribution in [0.25, 0.3) is 0 Å². The molecule has 376 valence electrons. The lowest BCUT2D eigenvalue weighted by molar-refractivity contribution is -0.161. The van der Waals surface area contributed by atoms with E-state index < -0.39 is 19.9 Å². The van der Waals surface area contributed by atoms with Crippen LogP contribution < -0.4 is 22.1 Å². The van der Waals surface area contributed by atoms with Crippen LogP contribution >= 0.6 is 7.82 Å². The first kappa shape index (κ1) is 62.0. The highest BCUT2D eigenvalue weighted by Crippen LogP contribution is 2.48. The van der Waals surface area contributed by atoms with Crippen LogP contribution in [-0.4, -0.2) is 89.5 Å². The van der Waals surface area contributed by atoms with Crippen molar-refractivity contribution in [3.63, 3.8) is 0 Å². The third kappa shape index (κ3) is 41.5. The zero-order valence-electron chi connectivity index (χ0n) is 41.1. The molecule has 0 saturated heterocycles. The molecule has 3 atom stereocenters. The summed E-state index contributed by atoms with van der Waals surface area (Å²) in [6.07, 6.45) is 37.0. The minimum absolute atomic E-state index is 0.0430. The minimum atomic E-state index is -4.08. The number of phosphoric ester groups is 1. The summed E-state index contributed by atoms with van der Waals surface area (Å²) in [4.78, 5) is 38.8. The molecule has 0 spiro atoms. The molecule has 0 aliphatic rings. The Morgan fingerprint density at radius 3 is 1.61 bits per heavy atom. The predicted octanol–water partition coefficient (Wildman–Crippen LogP) is 11.1. The Labute approximate surface area is 391 Å². The van der Waals surface area contributed by atoms with Gasteiger partial charge in [0, 0.05) is 26.4 Å². The molecule has 64 heavy (non-hydrogen) atoms. The van der Waals surface area contributed by atoms with Gasteiger partial charge in [0.15, 0.2) is 6.10 Å². The van der Waals surface area contributed by atoms with Crippen molar-refractivity contribution in [1.29, 1.82) is 0 Å². The third-order valence-corrected chi connectivity index (χ3v) is 12.4. The van der Waals surface area contributed by atoms with Crippen molar-refractivity contribution < 1.29 is 42.0 Å². The molecule has 0 aromatic rings. The van der Waals surface area contributed by atoms with E-state index in [1.165, 1.54) is 64.9 Å². The number of ether oxygens (including phenoxy) is 2. The van der Waals surface area contributed by atoms with Crippen LogP contribution in [0.15, 0.2) is 24.3 Å². The normalized spacial score (nSPS) is 13.7. The van der Waals surface area contributed by atoms with Gasteiger partial charge in [-0.1, -0.05) is 115 Å². The van der Waals surface area contributed by atoms with Gasteiger partial charge in [0.25, 0.3) is 0 Å². The van der Waals surface area contributed by atoms with Gasteiger partial charge in [-0.05, 0) is 129 Å². The Balaban J connectivity index is 4.96. The lowest BCUT2D eigenvalue weighted by atomic mass is 10.0. The first-order valence-electron chi connectivity index (χ1n) is 25.7. The lowest BCUT2D eigenvalue weighted by Crippen LogP contribution is -2.38. The number of rotatable bonds is 50. The van der Waals surface area contributed by atoms with Crippen molar-refractivity contribution in [1.82, 2.24) is 10.6 Å². The summed E-state index contributed by atoms with van der Waals surface area (Å²) < 4.78 is 40.9. The highest BCUT2D eigenvalue weighted by atomic mass is 31.2. The SMILES string of the molecule is CCCCCC/C=C\CCCCCCCC(=O)OCC(COP(=O)(OC)OCCCC(=O)C(CCCNCCCN)NCCCN)OC(=O)CCCCCCC/C=C\CCCCCC. The van der Waals surface area contributed by atoms with Crippen LogP contribution in [0.5, 0.6) is 0 Å². The van der Waals surface area contributed by atoms with Gasteiger partial charge in [-0.25, -0.2) is 4.57 Å². The molecular formula is C50H97N4O9P. The van der Waals surface area contributed by atoms with Crippen LogP contribution in [0.1, 0.15) is 206 Å². The number of nitrogens with one attached hydrogen (secondary N) is 2. The number of hydrogen-bond donors (Lipinski definition) is 4. The van der Waals surface area contributed by atoms with Crippen LogP contribution in [0.4, 0.5) is 0 Å². The fourth-order valence-corrected chi connectivity index (χ4v) is 8.03. The summed E-state index contributed by atoms with van der Waals surface area (Å²) >= 11 is 0. The maximum Gasteiger partial charge on any atom is 0.474 e. The average molecular weight is 929 g/mol. The fourth-order valence-electron chi connectivity index (χ4n) is 7.04. The van der Waals surface area contributed by atoms with Gasteiger partial charge >= 0.3 is 19.8 Å². The lowest BCUT2D eigenvalue weighted by Gasteiger charge is -2.21. The molecule has 3 unspecified atom stereocenters. The van der Waals surface area contributed by atoms with E-state index in [1.807, 2.05) is 0 Å². The topological polar surface area (TPSA) is 191 Å². The number of carbonyl (C=O) groups excluding carboxylic acids is 3. The zero-order chi connectivity index (χ0) is 47.0. The Bertz CT molecular complexity index is 1190. The van der Waals surface area contributed by atoms with Gasteiger partial charge in [-0.2, -0.15) is 0 Å². The van der Waals surface area contributed by atoms with Crippen molar-refractivity contribution in [2.45, 2.75) is 219 Å². The number of ketones is 1. The van der Waals surface area contributed by atoms with E-state index in [9.17, 15) is 18.9 Å². The van der Waals surface area contributed by atoms with Gasteiger partial charge < -0.3 is 31.6 Å². The molecule has 0 aromatic heterocycles. The van der Waals surface area contributed by atoms with Crippen LogP contribution in [0.2, 0.25) is 0 Å². The molecule has 0 fully saturated rings. The number of carbonyl (C=O) groups is 3. The number of unbranched alkanes of at least 4 members (excludes halogenated alkanes) is 18. The minimum Gasteiger partial charge on any atom is -0.462 e. The molecule has 0 radical (unpaired) electrons. The van der Waals surface area contributed by atoms with Gasteiger partial charge in [0.2, 0.25) is 0 Å². The smallest absolute Gasteiger partial charge is 0.462 e. The summed E-state index contributed by atoms with van der Waals surface area (Å²) in [6, 6.07) is -0.314. The fraction of sp³-hybridized carbons (Fsp3) is 0.860. The largest absolute Gasteiger partial charge is 0.474 e. The van der Waals surface area contributed by atoms with E-state index in [0.717, 1.165) is 103 Å². The van der Waals surface area contributed by atoms with E-state index in [1.54, 1.807) is 0 Å². The summed E-state index contributed by atoms with van der Waals surface area (Å²) in [5, 5.41) is 6.67. The monoisotopic (exact) mass is 929 g/mol. The summed E-state index contributed by atoms with van der Waals surface area (Å²) in [5.41, 5.74) is 11.2. The second kappa shape index (κ2) is 47.5. The van der Waals surface area contributed by atoms with E-state index in [2.05, 4.69) is 48.8 Å². The molecule has 0 saturated carbocycles. The summed E-state index contributed by atoms with van der Waals surface area (Å²) in [7, 11) is -2.86. The molecular weight excluding hydrogens is 832 g/mol. The number of esters is 2. The molecule has 0 bridgehead atoms. The number of Topliss-reactive ketones (excluding diaryl/α,β-unsaturated/α-hetero) is 1. The predicted molar refractivity (Wildman–Crippen MR) is 263 cm³/mol. The first-order chi connectivity index (χ1) is 31.2. The Kier molecular flexibility index (Phi) is 46.1. The average Bonchev–Trinajstić information content (AvgIpc) is 3.29. The molecule has 13 nitrogen and oxygen atoms in total. The van der Waals surface area contributed by atoms with Crippen molar-refractivity contribution in [3.8, 4) is 0 Å². The molecule has 14 heteroatoms. The van der Waals surface area contributed by atoms with Gasteiger partial charge in [-0.15, -0.1) is 0 Å². The van der Waals surface area contributed by atoms with E-state index in [4.69, 9.17) is 34.5 Å². The molecule has 0 heterocycles. The Hall–Kier alpha value is -1.96. The molecule has 0 amide bonds. The standard InChI is InChI=1S/C50H97N4O9P/c1-4-6-8-10-12-14-16-18-20-22-24-26-28-36-49(56)60-44-46(63-50(57)37-29-27-25-23-21-19-17-15-13-11-9-7-5-2)45-62-64(58,59-3)61-43-31-35-48(55)47(54-42-33-39-52)34-30-40-53-41-32-38-51/h14-17,46-47,53-54H,4-13,18-45,51-52H2,1-3H3/b16-14-,17-15-. The van der Waals surface area contributed by atoms with Crippen molar-refractivity contribution >= 4 is 25.5 Å². The zero-order valence-corrected chi connectivity index (χ0v) is 42.0. The number of nitrogens with two attached hydrogens (primary N) is 2. The molecule has 0 rings (SSSR count). The summed E-state index contributed by atoms with van der Waals surface area (Å²) in [5.74, 6) is -0.774. The number of allylic oxidation sites excluding steroid dienone is 4. The van der Waals surface area contributed by atoms with Crippen LogP contribution in [0.3, 0.4) is 0 Å². The van der Waals surface area contributed by atoms with E-state index >= 15 is 0 Å². The number of phosphoric acid groups is 1. The molecule has 0 aromatic carbocycles. The van der Waals surface area contributed by atoms with Crippen molar-refractivity contribution in [2.24, 2.45) is 11.5 Å². The second-order valence-corrected chi connectivity index (χ2v) is 18.8. The highest BCUT2D eigenvalue weighted by molar-refractivity contribution is 7.48. The Morgan fingerprint density at radius 2 is 1.06 bits per heavy atom. The highest BCUT2D eigenvalue weighted by Gasteiger charge is 2.29. The van der Waals surface area contributed by atoms with E-state index in [-0.39, 0.29) is 56.9 Å². The molecule has 0 aliphatic heterocycles. The third-order valence-electron chi connectivity index (χ3n) is 11.0. The van der Waals surface area contributed by atoms with Crippen LogP contribution in [0, 0.1) is 0 Å². The van der Waals surface area contributed by atoms with E-state index in [0.29, 0.717) is 45.3 Å². The van der Waals surface area contributed by atoms with Gasteiger partial charge in [0.1, 0.15) is 12.4 Å². The molecule has 0 aliphatic carbocycles. The summed E-state index contributed by atoms with van der Waals surface area (Å²) in [6.45, 7) is 7.29. The van der Waals surface area contributed by atoms with Crippen LogP contribution in [-0.2, 0) is 42.0 Å². The van der Waals surface area contributed by atoms with Crippen molar-refractivity contribution in [2.75, 3.05) is 59.7 Å². The second-order valence-electron chi connectivity index (χ2n) is 17.1.